The molecule has 6 nitrogen and oxygen atoms in total. The van der Waals surface area contributed by atoms with Crippen molar-refractivity contribution in [3.63, 3.8) is 0 Å². The number of nitrogens with zero attached hydrogens (tertiary/aromatic N) is 3. The lowest BCUT2D eigenvalue weighted by atomic mass is 10.2. The lowest BCUT2D eigenvalue weighted by Crippen LogP contribution is -2.25. The summed E-state index contributed by atoms with van der Waals surface area (Å²) >= 11 is 0. The normalized spacial score (nSPS) is 9.85. The highest BCUT2D eigenvalue weighted by atomic mass is 35.5. The van der Waals surface area contributed by atoms with Crippen LogP contribution in [0.3, 0.4) is 0 Å². The Morgan fingerprint density at radius 3 is 2.75 bits per heavy atom. The fourth-order valence-electron chi connectivity index (χ4n) is 1.69. The molecule has 7 heteroatoms. The maximum absolute atomic E-state index is 11.4. The standard InChI is InChI=1S/C13H17N5O.ClH/c1-14-10-13(19)16-12-5-9-18(17-12)8-4-11-2-6-15-7-3-11;/h2-3,5-7,9,14H,4,8,10H2,1H3,(H,16,17,19);1H. The van der Waals surface area contributed by atoms with Crippen molar-refractivity contribution in [3.8, 4) is 0 Å². The molecule has 2 rings (SSSR count). The predicted molar refractivity (Wildman–Crippen MR) is 80.0 cm³/mol. The van der Waals surface area contributed by atoms with Crippen LogP contribution in [-0.2, 0) is 17.8 Å². The number of aromatic nitrogens is 3. The summed E-state index contributed by atoms with van der Waals surface area (Å²) in [6.45, 7) is 1.05. The number of rotatable bonds is 6. The van der Waals surface area contributed by atoms with Crippen molar-refractivity contribution in [2.24, 2.45) is 0 Å². The fourth-order valence-corrected chi connectivity index (χ4v) is 1.69. The minimum Gasteiger partial charge on any atom is -0.311 e. The molecule has 0 radical (unpaired) electrons. The van der Waals surface area contributed by atoms with E-state index in [0.29, 0.717) is 5.82 Å². The highest BCUT2D eigenvalue weighted by Crippen LogP contribution is 2.04. The summed E-state index contributed by atoms with van der Waals surface area (Å²) in [5, 5.41) is 9.80. The first-order valence-electron chi connectivity index (χ1n) is 6.15. The van der Waals surface area contributed by atoms with E-state index in [4.69, 9.17) is 0 Å². The molecule has 0 bridgehead atoms. The second-order valence-electron chi connectivity index (χ2n) is 4.15. The molecule has 108 valence electrons. The number of hydrogen-bond donors (Lipinski definition) is 2. The van der Waals surface area contributed by atoms with Crippen LogP contribution in [0.5, 0.6) is 0 Å². The van der Waals surface area contributed by atoms with Crippen LogP contribution in [0.4, 0.5) is 5.82 Å². The molecular formula is C13H18ClN5O. The van der Waals surface area contributed by atoms with Crippen molar-refractivity contribution < 1.29 is 4.79 Å². The Hall–Kier alpha value is -1.92. The summed E-state index contributed by atoms with van der Waals surface area (Å²) in [7, 11) is 1.73. The van der Waals surface area contributed by atoms with Crippen LogP contribution in [0.2, 0.25) is 0 Å². The first-order valence-corrected chi connectivity index (χ1v) is 6.15. The molecule has 0 atom stereocenters. The maximum Gasteiger partial charge on any atom is 0.239 e. The third-order valence-corrected chi connectivity index (χ3v) is 2.62. The number of carbonyl (C=O) groups is 1. The Kier molecular flexibility index (Phi) is 6.69. The summed E-state index contributed by atoms with van der Waals surface area (Å²) in [6.07, 6.45) is 6.30. The van der Waals surface area contributed by atoms with Crippen molar-refractivity contribution in [1.82, 2.24) is 20.1 Å². The van der Waals surface area contributed by atoms with E-state index in [0.717, 1.165) is 13.0 Å². The third-order valence-electron chi connectivity index (χ3n) is 2.62. The molecule has 0 aromatic carbocycles. The molecule has 0 fully saturated rings. The van der Waals surface area contributed by atoms with E-state index in [1.54, 1.807) is 25.5 Å². The minimum atomic E-state index is -0.0955. The van der Waals surface area contributed by atoms with E-state index in [9.17, 15) is 4.79 Å². The second-order valence-corrected chi connectivity index (χ2v) is 4.15. The topological polar surface area (TPSA) is 71.8 Å². The molecule has 0 saturated carbocycles. The van der Waals surface area contributed by atoms with Gasteiger partial charge in [-0.3, -0.25) is 14.5 Å². The van der Waals surface area contributed by atoms with E-state index in [2.05, 4.69) is 20.7 Å². The molecular weight excluding hydrogens is 278 g/mol. The molecule has 2 heterocycles. The first kappa shape index (κ1) is 16.1. The van der Waals surface area contributed by atoms with Crippen molar-refractivity contribution in [1.29, 1.82) is 0 Å². The van der Waals surface area contributed by atoms with Gasteiger partial charge in [-0.15, -0.1) is 12.4 Å². The second kappa shape index (κ2) is 8.29. The highest BCUT2D eigenvalue weighted by Gasteiger charge is 2.03. The van der Waals surface area contributed by atoms with Crippen LogP contribution in [0.25, 0.3) is 0 Å². The van der Waals surface area contributed by atoms with Gasteiger partial charge in [-0.1, -0.05) is 0 Å². The molecule has 0 aliphatic rings. The average Bonchev–Trinajstić information content (AvgIpc) is 2.85. The number of aryl methyl sites for hydroxylation is 2. The van der Waals surface area contributed by atoms with Crippen LogP contribution in [0.15, 0.2) is 36.8 Å². The van der Waals surface area contributed by atoms with Crippen molar-refractivity contribution in [3.05, 3.63) is 42.4 Å². The highest BCUT2D eigenvalue weighted by molar-refractivity contribution is 5.91. The van der Waals surface area contributed by atoms with Gasteiger partial charge in [0.05, 0.1) is 6.54 Å². The molecule has 2 aromatic rings. The van der Waals surface area contributed by atoms with Gasteiger partial charge < -0.3 is 10.6 Å². The summed E-state index contributed by atoms with van der Waals surface area (Å²) < 4.78 is 1.81. The van der Waals surface area contributed by atoms with Gasteiger partial charge >= 0.3 is 0 Å². The number of nitrogens with one attached hydrogen (secondary N) is 2. The van der Waals surface area contributed by atoms with Gasteiger partial charge in [0.2, 0.25) is 5.91 Å². The SMILES string of the molecule is CNCC(=O)Nc1ccn(CCc2ccncc2)n1.Cl. The van der Waals surface area contributed by atoms with Gasteiger partial charge in [0, 0.05) is 31.2 Å². The molecule has 0 aliphatic carbocycles. The number of halogens is 1. The van der Waals surface area contributed by atoms with Crippen molar-refractivity contribution in [2.45, 2.75) is 13.0 Å². The Labute approximate surface area is 124 Å². The number of amides is 1. The van der Waals surface area contributed by atoms with Crippen LogP contribution >= 0.6 is 12.4 Å². The fraction of sp³-hybridized carbons (Fsp3) is 0.308. The molecule has 0 unspecified atom stereocenters. The Bertz CT molecular complexity index is 529. The molecule has 1 amide bonds. The monoisotopic (exact) mass is 295 g/mol. The largest absolute Gasteiger partial charge is 0.311 e. The average molecular weight is 296 g/mol. The Balaban J connectivity index is 0.00000200. The van der Waals surface area contributed by atoms with Gasteiger partial charge in [0.25, 0.3) is 0 Å². The zero-order chi connectivity index (χ0) is 13.5. The van der Waals surface area contributed by atoms with Crippen LogP contribution in [-0.4, -0.2) is 34.3 Å². The summed E-state index contributed by atoms with van der Waals surface area (Å²) in [5.41, 5.74) is 1.21. The Morgan fingerprint density at radius 2 is 2.05 bits per heavy atom. The maximum atomic E-state index is 11.4. The van der Waals surface area contributed by atoms with Gasteiger partial charge in [0.1, 0.15) is 0 Å². The number of anilines is 1. The summed E-state index contributed by atoms with van der Waals surface area (Å²) in [6, 6.07) is 5.76. The van der Waals surface area contributed by atoms with Gasteiger partial charge in [-0.05, 0) is 31.2 Å². The lowest BCUT2D eigenvalue weighted by molar-refractivity contribution is -0.115. The zero-order valence-electron chi connectivity index (χ0n) is 11.2. The van der Waals surface area contributed by atoms with Crippen molar-refractivity contribution in [2.75, 3.05) is 18.9 Å². The van der Waals surface area contributed by atoms with Gasteiger partial charge in [0.15, 0.2) is 5.82 Å². The van der Waals surface area contributed by atoms with Crippen molar-refractivity contribution >= 4 is 24.1 Å². The molecule has 0 spiro atoms. The number of likely N-dealkylation sites (N-methyl/N-ethyl adjacent to an activating group) is 1. The predicted octanol–water partition coefficient (Wildman–Crippen LogP) is 1.10. The third kappa shape index (κ3) is 4.99. The summed E-state index contributed by atoms with van der Waals surface area (Å²) in [4.78, 5) is 15.4. The molecule has 2 aromatic heterocycles. The quantitative estimate of drug-likeness (QED) is 0.837. The molecule has 20 heavy (non-hydrogen) atoms. The molecule has 0 saturated heterocycles. The number of hydrogen-bond acceptors (Lipinski definition) is 4. The first-order chi connectivity index (χ1) is 9.28. The number of carbonyl (C=O) groups excluding carboxylic acids is 1. The van der Waals surface area contributed by atoms with Crippen LogP contribution in [0.1, 0.15) is 5.56 Å². The zero-order valence-corrected chi connectivity index (χ0v) is 12.1. The minimum absolute atomic E-state index is 0. The summed E-state index contributed by atoms with van der Waals surface area (Å²) in [5.74, 6) is 0.483. The van der Waals surface area contributed by atoms with Crippen LogP contribution < -0.4 is 10.6 Å². The Morgan fingerprint density at radius 1 is 1.30 bits per heavy atom. The lowest BCUT2D eigenvalue weighted by Gasteiger charge is -2.02. The number of pyridine rings is 1. The van der Waals surface area contributed by atoms with Gasteiger partial charge in [-0.25, -0.2) is 0 Å². The van der Waals surface area contributed by atoms with Crippen LogP contribution in [0, 0.1) is 0 Å². The van der Waals surface area contributed by atoms with E-state index >= 15 is 0 Å². The van der Waals surface area contributed by atoms with E-state index < -0.39 is 0 Å². The van der Waals surface area contributed by atoms with E-state index in [1.165, 1.54) is 5.56 Å². The van der Waals surface area contributed by atoms with E-state index in [-0.39, 0.29) is 24.9 Å². The molecule has 2 N–H and O–H groups in total. The smallest absolute Gasteiger partial charge is 0.239 e. The molecule has 0 aliphatic heterocycles. The van der Waals surface area contributed by atoms with E-state index in [1.807, 2.05) is 23.0 Å². The van der Waals surface area contributed by atoms with Gasteiger partial charge in [-0.2, -0.15) is 5.10 Å².